The molecule has 1 aliphatic rings. The van der Waals surface area contributed by atoms with E-state index in [0.717, 1.165) is 24.0 Å². The third-order valence-electron chi connectivity index (χ3n) is 5.79. The van der Waals surface area contributed by atoms with Gasteiger partial charge in [-0.25, -0.2) is 12.7 Å². The Hall–Kier alpha value is -3.20. The number of amides is 3. The van der Waals surface area contributed by atoms with Crippen molar-refractivity contribution >= 4 is 27.7 Å². The van der Waals surface area contributed by atoms with Gasteiger partial charge in [-0.05, 0) is 43.5 Å². The number of carbonyl (C=O) groups excluding carboxylic acids is 3. The maximum atomic E-state index is 13.4. The number of hydrogen-bond donors (Lipinski definition) is 1. The Morgan fingerprint density at radius 2 is 1.76 bits per heavy atom. The topological polar surface area (TPSA) is 104 Å². The lowest BCUT2D eigenvalue weighted by molar-refractivity contribution is -0.140. The molecule has 0 saturated carbocycles. The third-order valence-corrected chi connectivity index (χ3v) is 7.58. The Labute approximate surface area is 194 Å². The first kappa shape index (κ1) is 24.4. The van der Waals surface area contributed by atoms with E-state index in [-0.39, 0.29) is 22.9 Å². The van der Waals surface area contributed by atoms with Crippen molar-refractivity contribution in [1.82, 2.24) is 14.5 Å². The van der Waals surface area contributed by atoms with Crippen LogP contribution in [0.3, 0.4) is 0 Å². The molecular formula is C24H29N3O5S. The van der Waals surface area contributed by atoms with E-state index >= 15 is 0 Å². The fraction of sp³-hybridized carbons (Fsp3) is 0.375. The van der Waals surface area contributed by atoms with Crippen LogP contribution < -0.4 is 5.32 Å². The molecule has 3 amide bonds. The Bertz CT molecular complexity index is 1160. The molecule has 0 aromatic heterocycles. The smallest absolute Gasteiger partial charge is 0.269 e. The Morgan fingerprint density at radius 1 is 1.09 bits per heavy atom. The van der Waals surface area contributed by atoms with E-state index in [9.17, 15) is 22.8 Å². The molecule has 1 heterocycles. The van der Waals surface area contributed by atoms with Gasteiger partial charge in [0.25, 0.3) is 15.9 Å². The molecule has 2 aromatic carbocycles. The van der Waals surface area contributed by atoms with E-state index < -0.39 is 34.4 Å². The number of unbranched alkanes of at least 4 members (excludes halogenated alkanes) is 1. The van der Waals surface area contributed by atoms with Gasteiger partial charge in [0.1, 0.15) is 17.5 Å². The summed E-state index contributed by atoms with van der Waals surface area (Å²) >= 11 is 0. The number of nitrogens with zero attached hydrogens (tertiary/aromatic N) is 2. The van der Waals surface area contributed by atoms with Gasteiger partial charge >= 0.3 is 0 Å². The summed E-state index contributed by atoms with van der Waals surface area (Å²) in [5, 5.41) is 2.82. The number of rotatable bonds is 9. The monoisotopic (exact) mass is 471 g/mol. The highest BCUT2D eigenvalue weighted by Crippen LogP contribution is 2.30. The van der Waals surface area contributed by atoms with Crippen molar-refractivity contribution in [1.29, 1.82) is 0 Å². The zero-order valence-electron chi connectivity index (χ0n) is 19.1. The van der Waals surface area contributed by atoms with Gasteiger partial charge in [0.15, 0.2) is 0 Å². The van der Waals surface area contributed by atoms with Crippen LogP contribution in [0.2, 0.25) is 0 Å². The summed E-state index contributed by atoms with van der Waals surface area (Å²) in [5.74, 6) is -1.69. The van der Waals surface area contributed by atoms with Crippen LogP contribution >= 0.6 is 0 Å². The molecule has 0 fully saturated rings. The normalized spacial score (nSPS) is 15.1. The lowest BCUT2D eigenvalue weighted by atomic mass is 10.1. The molecule has 0 bridgehead atoms. The van der Waals surface area contributed by atoms with E-state index in [4.69, 9.17) is 0 Å². The summed E-state index contributed by atoms with van der Waals surface area (Å²) in [6.07, 6.45) is 1.72. The highest BCUT2D eigenvalue weighted by atomic mass is 32.2. The zero-order valence-corrected chi connectivity index (χ0v) is 19.9. The molecule has 3 rings (SSSR count). The molecular weight excluding hydrogens is 442 g/mol. The van der Waals surface area contributed by atoms with Gasteiger partial charge in [-0.15, -0.1) is 0 Å². The minimum absolute atomic E-state index is 0.0427. The van der Waals surface area contributed by atoms with Crippen LogP contribution in [0.4, 0.5) is 0 Å². The van der Waals surface area contributed by atoms with Crippen molar-refractivity contribution < 1.29 is 22.8 Å². The van der Waals surface area contributed by atoms with Gasteiger partial charge in [-0.3, -0.25) is 14.4 Å². The molecule has 2 aromatic rings. The second kappa shape index (κ2) is 10.2. The average molecular weight is 472 g/mol. The van der Waals surface area contributed by atoms with Gasteiger partial charge in [-0.2, -0.15) is 0 Å². The van der Waals surface area contributed by atoms with E-state index in [2.05, 4.69) is 5.32 Å². The standard InChI is InChI=1S/C24H29N3O5S/c1-4-5-14-25-23(29)18(3)26(15-19-11-7-6-10-17(19)2)22(28)16-27-24(30)20-12-8-9-13-21(20)33(27,31)32/h6-13,18H,4-5,14-16H2,1-3H3,(H,25,29). The van der Waals surface area contributed by atoms with Crippen LogP contribution in [0, 0.1) is 6.92 Å². The number of hydrogen-bond acceptors (Lipinski definition) is 5. The molecule has 176 valence electrons. The van der Waals surface area contributed by atoms with Crippen LogP contribution in [0.1, 0.15) is 48.2 Å². The van der Waals surface area contributed by atoms with Crippen LogP contribution in [0.5, 0.6) is 0 Å². The maximum Gasteiger partial charge on any atom is 0.269 e. The first-order chi connectivity index (χ1) is 15.7. The van der Waals surface area contributed by atoms with Crippen molar-refractivity contribution in [2.75, 3.05) is 13.1 Å². The minimum atomic E-state index is -4.13. The van der Waals surface area contributed by atoms with E-state index in [0.29, 0.717) is 10.8 Å². The van der Waals surface area contributed by atoms with Crippen LogP contribution in [-0.4, -0.2) is 54.5 Å². The van der Waals surface area contributed by atoms with Crippen molar-refractivity contribution in [3.05, 3.63) is 65.2 Å². The van der Waals surface area contributed by atoms with E-state index in [1.807, 2.05) is 38.1 Å². The lowest BCUT2D eigenvalue weighted by Crippen LogP contribution is -2.51. The van der Waals surface area contributed by atoms with Gasteiger partial charge < -0.3 is 10.2 Å². The number of carbonyl (C=O) groups is 3. The van der Waals surface area contributed by atoms with Crippen molar-refractivity contribution in [2.45, 2.75) is 51.1 Å². The number of benzene rings is 2. The summed E-state index contributed by atoms with van der Waals surface area (Å²) in [5.41, 5.74) is 1.81. The minimum Gasteiger partial charge on any atom is -0.354 e. The van der Waals surface area contributed by atoms with Crippen molar-refractivity contribution in [3.63, 3.8) is 0 Å². The van der Waals surface area contributed by atoms with Crippen LogP contribution in [-0.2, 0) is 26.2 Å². The molecule has 9 heteroatoms. The van der Waals surface area contributed by atoms with E-state index in [1.54, 1.807) is 13.0 Å². The van der Waals surface area contributed by atoms with Gasteiger partial charge in [-0.1, -0.05) is 49.7 Å². The van der Waals surface area contributed by atoms with Crippen molar-refractivity contribution in [3.8, 4) is 0 Å². The number of nitrogens with one attached hydrogen (secondary N) is 1. The SMILES string of the molecule is CCCCNC(=O)C(C)N(Cc1ccccc1C)C(=O)CN1C(=O)c2ccccc2S1(=O)=O. The molecule has 0 saturated heterocycles. The second-order valence-corrected chi connectivity index (χ2v) is 9.91. The summed E-state index contributed by atoms with van der Waals surface area (Å²) in [6, 6.07) is 12.5. The van der Waals surface area contributed by atoms with Gasteiger partial charge in [0.2, 0.25) is 11.8 Å². The van der Waals surface area contributed by atoms with Gasteiger partial charge in [0.05, 0.1) is 5.56 Å². The molecule has 1 aliphatic heterocycles. The van der Waals surface area contributed by atoms with Gasteiger partial charge in [0, 0.05) is 13.1 Å². The number of fused-ring (bicyclic) bond motifs is 1. The molecule has 0 spiro atoms. The fourth-order valence-corrected chi connectivity index (χ4v) is 5.21. The molecule has 1 N–H and O–H groups in total. The summed E-state index contributed by atoms with van der Waals surface area (Å²) in [4.78, 5) is 40.1. The largest absolute Gasteiger partial charge is 0.354 e. The molecule has 8 nitrogen and oxygen atoms in total. The van der Waals surface area contributed by atoms with Crippen molar-refractivity contribution in [2.24, 2.45) is 0 Å². The summed E-state index contributed by atoms with van der Waals surface area (Å²) < 4.78 is 26.4. The molecule has 1 atom stereocenters. The summed E-state index contributed by atoms with van der Waals surface area (Å²) in [6.45, 7) is 5.44. The number of sulfonamides is 1. The maximum absolute atomic E-state index is 13.4. The first-order valence-corrected chi connectivity index (χ1v) is 12.4. The quantitative estimate of drug-likeness (QED) is 0.566. The second-order valence-electron chi connectivity index (χ2n) is 8.08. The predicted octanol–water partition coefficient (Wildman–Crippen LogP) is 2.47. The molecule has 33 heavy (non-hydrogen) atoms. The average Bonchev–Trinajstić information content (AvgIpc) is 2.99. The molecule has 0 aliphatic carbocycles. The Balaban J connectivity index is 1.87. The molecule has 1 unspecified atom stereocenters. The Morgan fingerprint density at radius 3 is 2.42 bits per heavy atom. The van der Waals surface area contributed by atoms with Crippen LogP contribution in [0.25, 0.3) is 0 Å². The third kappa shape index (κ3) is 5.08. The summed E-state index contributed by atoms with van der Waals surface area (Å²) in [7, 11) is -4.13. The zero-order chi connectivity index (χ0) is 24.2. The lowest BCUT2D eigenvalue weighted by Gasteiger charge is -2.30. The van der Waals surface area contributed by atoms with E-state index in [1.165, 1.54) is 23.1 Å². The fourth-order valence-electron chi connectivity index (χ4n) is 3.69. The van der Waals surface area contributed by atoms with Crippen LogP contribution in [0.15, 0.2) is 53.4 Å². The predicted molar refractivity (Wildman–Crippen MR) is 124 cm³/mol. The highest BCUT2D eigenvalue weighted by Gasteiger charge is 2.43. The Kier molecular flexibility index (Phi) is 7.53. The number of aryl methyl sites for hydroxylation is 1. The highest BCUT2D eigenvalue weighted by molar-refractivity contribution is 7.90. The molecule has 0 radical (unpaired) electrons. The first-order valence-electron chi connectivity index (χ1n) is 11.0.